The smallest absolute Gasteiger partial charge is 0.144 e. The van der Waals surface area contributed by atoms with Crippen LogP contribution in [0, 0.1) is 0 Å². The Hall–Kier alpha value is -0.390. The van der Waals surface area contributed by atoms with Crippen LogP contribution in [0.4, 0.5) is 0 Å². The highest BCUT2D eigenvalue weighted by atomic mass is 79.9. The van der Waals surface area contributed by atoms with Crippen LogP contribution in [0.3, 0.4) is 0 Å². The second-order valence-electron chi connectivity index (χ2n) is 3.97. The molecule has 82 valence electrons. The van der Waals surface area contributed by atoms with E-state index in [2.05, 4.69) is 25.3 Å². The summed E-state index contributed by atoms with van der Waals surface area (Å²) in [6, 6.07) is 3.69. The molecule has 1 atom stereocenters. The lowest BCUT2D eigenvalue weighted by Gasteiger charge is -2.17. The molecular weight excluding hydrogens is 276 g/mol. The molecular formula is C10H13BrN2OS. The molecule has 3 nitrogen and oxygen atoms in total. The van der Waals surface area contributed by atoms with E-state index in [-0.39, 0.29) is 4.75 Å². The zero-order valence-corrected chi connectivity index (χ0v) is 11.3. The van der Waals surface area contributed by atoms with Gasteiger partial charge in [-0.2, -0.15) is 0 Å². The quantitative estimate of drug-likeness (QED) is 0.621. The molecule has 0 aromatic carbocycles. The molecule has 0 aliphatic rings. The van der Waals surface area contributed by atoms with Crippen molar-refractivity contribution in [2.45, 2.75) is 25.5 Å². The minimum absolute atomic E-state index is 0.336. The zero-order chi connectivity index (χ0) is 11.5. The van der Waals surface area contributed by atoms with Crippen LogP contribution in [-0.2, 0) is 11.4 Å². The summed E-state index contributed by atoms with van der Waals surface area (Å²) in [4.78, 5) is 4.10. The number of aromatic nitrogens is 1. The van der Waals surface area contributed by atoms with E-state index in [4.69, 9.17) is 0 Å². The molecule has 0 saturated heterocycles. The van der Waals surface area contributed by atoms with Crippen molar-refractivity contribution < 1.29 is 4.55 Å². The highest BCUT2D eigenvalue weighted by Crippen LogP contribution is 2.17. The Kier molecular flexibility index (Phi) is 4.31. The van der Waals surface area contributed by atoms with Crippen molar-refractivity contribution in [3.63, 3.8) is 0 Å². The van der Waals surface area contributed by atoms with Crippen LogP contribution in [-0.4, -0.2) is 20.5 Å². The largest absolute Gasteiger partial charge is 0.591 e. The summed E-state index contributed by atoms with van der Waals surface area (Å²) in [5.74, 6) is 0. The topological polar surface area (TPSA) is 48.3 Å². The van der Waals surface area contributed by atoms with E-state index >= 15 is 0 Å². The monoisotopic (exact) mass is 288 g/mol. The molecule has 0 fully saturated rings. The molecule has 1 heterocycles. The van der Waals surface area contributed by atoms with Crippen molar-refractivity contribution in [2.24, 2.45) is 4.40 Å². The van der Waals surface area contributed by atoms with Crippen molar-refractivity contribution in [1.82, 2.24) is 4.98 Å². The van der Waals surface area contributed by atoms with E-state index in [1.807, 2.05) is 32.9 Å². The van der Waals surface area contributed by atoms with Gasteiger partial charge in [0.25, 0.3) is 0 Å². The van der Waals surface area contributed by atoms with Crippen molar-refractivity contribution in [3.05, 3.63) is 28.5 Å². The van der Waals surface area contributed by atoms with Gasteiger partial charge < -0.3 is 4.55 Å². The van der Waals surface area contributed by atoms with Crippen LogP contribution in [0.1, 0.15) is 26.5 Å². The van der Waals surface area contributed by atoms with Crippen LogP contribution in [0.5, 0.6) is 0 Å². The van der Waals surface area contributed by atoms with Gasteiger partial charge in [-0.05, 0) is 48.8 Å². The number of pyridine rings is 1. The van der Waals surface area contributed by atoms with Crippen LogP contribution >= 0.6 is 15.9 Å². The summed E-state index contributed by atoms with van der Waals surface area (Å²) in [5.41, 5.74) is 0.690. The molecule has 1 rings (SSSR count). The summed E-state index contributed by atoms with van der Waals surface area (Å²) >= 11 is 2.11. The predicted molar refractivity (Wildman–Crippen MR) is 67.4 cm³/mol. The molecule has 0 aliphatic heterocycles. The normalized spacial score (nSPS) is 14.5. The number of nitrogens with zero attached hydrogens (tertiary/aromatic N) is 2. The van der Waals surface area contributed by atoms with E-state index in [1.54, 1.807) is 6.20 Å². The fourth-order valence-corrected chi connectivity index (χ4v) is 1.62. The Morgan fingerprint density at radius 1 is 1.53 bits per heavy atom. The standard InChI is InChI=1S/C10H13BrN2OS/c1-10(2,3)15(14)13-7-9-8(11)5-4-6-12-9/h4-7H,1-3H3/b13-7-. The average molecular weight is 289 g/mol. The lowest BCUT2D eigenvalue weighted by Crippen LogP contribution is -2.25. The molecule has 15 heavy (non-hydrogen) atoms. The Morgan fingerprint density at radius 3 is 2.73 bits per heavy atom. The van der Waals surface area contributed by atoms with E-state index < -0.39 is 11.4 Å². The molecule has 1 unspecified atom stereocenters. The van der Waals surface area contributed by atoms with E-state index in [9.17, 15) is 4.55 Å². The van der Waals surface area contributed by atoms with Gasteiger partial charge in [0.15, 0.2) is 0 Å². The van der Waals surface area contributed by atoms with Gasteiger partial charge in [-0.25, -0.2) is 0 Å². The Labute approximate surface area is 101 Å². The van der Waals surface area contributed by atoms with E-state index in [1.165, 1.54) is 6.21 Å². The Morgan fingerprint density at radius 2 is 2.20 bits per heavy atom. The first-order valence-electron chi connectivity index (χ1n) is 4.48. The summed E-state index contributed by atoms with van der Waals surface area (Å²) in [5, 5.41) is 0. The molecule has 1 aromatic heterocycles. The maximum Gasteiger partial charge on any atom is 0.144 e. The van der Waals surface area contributed by atoms with Gasteiger partial charge in [-0.1, -0.05) is 4.40 Å². The van der Waals surface area contributed by atoms with Gasteiger partial charge in [-0.15, -0.1) is 0 Å². The summed E-state index contributed by atoms with van der Waals surface area (Å²) in [6.07, 6.45) is 3.21. The highest BCUT2D eigenvalue weighted by Gasteiger charge is 2.25. The summed E-state index contributed by atoms with van der Waals surface area (Å²) in [6.45, 7) is 5.65. The van der Waals surface area contributed by atoms with Crippen LogP contribution < -0.4 is 0 Å². The second kappa shape index (κ2) is 5.09. The first-order chi connectivity index (χ1) is 6.91. The SMILES string of the molecule is CC(C)(C)[S+]([O-])/N=C\c1ncccc1Br. The van der Waals surface area contributed by atoms with Gasteiger partial charge in [0.1, 0.15) is 22.3 Å². The molecule has 0 aliphatic carbocycles. The maximum absolute atomic E-state index is 11.6. The molecule has 0 spiro atoms. The third-order valence-corrected chi connectivity index (χ3v) is 3.60. The Bertz CT molecular complexity index is 363. The number of halogens is 1. The molecule has 0 N–H and O–H groups in total. The molecule has 5 heteroatoms. The van der Waals surface area contributed by atoms with Crippen LogP contribution in [0.25, 0.3) is 0 Å². The second-order valence-corrected chi connectivity index (χ2v) is 6.75. The fourth-order valence-electron chi connectivity index (χ4n) is 0.749. The summed E-state index contributed by atoms with van der Waals surface area (Å²) < 4.78 is 16.1. The first-order valence-corrected chi connectivity index (χ1v) is 6.38. The van der Waals surface area contributed by atoms with Crippen molar-refractivity contribution in [2.75, 3.05) is 0 Å². The van der Waals surface area contributed by atoms with Gasteiger partial charge in [-0.3, -0.25) is 4.98 Å². The molecule has 0 radical (unpaired) electrons. The van der Waals surface area contributed by atoms with Gasteiger partial charge in [0.2, 0.25) is 0 Å². The highest BCUT2D eigenvalue weighted by molar-refractivity contribution is 9.10. The molecule has 0 bridgehead atoms. The van der Waals surface area contributed by atoms with Crippen molar-refractivity contribution in [1.29, 1.82) is 0 Å². The van der Waals surface area contributed by atoms with Gasteiger partial charge in [0, 0.05) is 10.7 Å². The lowest BCUT2D eigenvalue weighted by atomic mass is 10.3. The van der Waals surface area contributed by atoms with Crippen LogP contribution in [0.15, 0.2) is 27.2 Å². The zero-order valence-electron chi connectivity index (χ0n) is 8.90. The van der Waals surface area contributed by atoms with Crippen molar-refractivity contribution in [3.8, 4) is 0 Å². The molecule has 0 saturated carbocycles. The third kappa shape index (κ3) is 3.93. The minimum Gasteiger partial charge on any atom is -0.591 e. The lowest BCUT2D eigenvalue weighted by molar-refractivity contribution is 0.562. The molecule has 1 aromatic rings. The number of rotatable bonds is 2. The van der Waals surface area contributed by atoms with E-state index in [0.29, 0.717) is 5.69 Å². The third-order valence-electron chi connectivity index (χ3n) is 1.58. The van der Waals surface area contributed by atoms with E-state index in [0.717, 1.165) is 4.47 Å². The van der Waals surface area contributed by atoms with Gasteiger partial charge in [0.05, 0.1) is 5.69 Å². The summed E-state index contributed by atoms with van der Waals surface area (Å²) in [7, 11) is 0. The predicted octanol–water partition coefficient (Wildman–Crippen LogP) is 2.73. The number of hydrogen-bond donors (Lipinski definition) is 0. The Balaban J connectivity index is 2.79. The average Bonchev–Trinajstić information content (AvgIpc) is 2.14. The maximum atomic E-state index is 11.6. The molecule has 0 amide bonds. The number of hydrogen-bond acceptors (Lipinski definition) is 3. The van der Waals surface area contributed by atoms with Gasteiger partial charge >= 0.3 is 0 Å². The fraction of sp³-hybridized carbons (Fsp3) is 0.400. The van der Waals surface area contributed by atoms with Crippen molar-refractivity contribution >= 4 is 33.5 Å². The minimum atomic E-state index is -1.24. The first kappa shape index (κ1) is 12.7. The van der Waals surface area contributed by atoms with Crippen LogP contribution in [0.2, 0.25) is 0 Å².